The Morgan fingerprint density at radius 2 is 1.57 bits per heavy atom. The molecule has 0 heterocycles. The number of hydrogen-bond acceptors (Lipinski definition) is 4. The van der Waals surface area contributed by atoms with Crippen LogP contribution in [-0.4, -0.2) is 38.0 Å². The van der Waals surface area contributed by atoms with E-state index >= 15 is 0 Å². The molecule has 0 saturated heterocycles. The SMILES string of the molecule is CC.CCOCCCN.NCCCO. The first-order valence-electron chi connectivity index (χ1n) is 5.42. The summed E-state index contributed by atoms with van der Waals surface area (Å²) in [7, 11) is 0. The van der Waals surface area contributed by atoms with Gasteiger partial charge in [0.15, 0.2) is 0 Å². The molecule has 0 aliphatic heterocycles. The van der Waals surface area contributed by atoms with E-state index in [9.17, 15) is 0 Å². The highest BCUT2D eigenvalue weighted by molar-refractivity contribution is 4.32. The van der Waals surface area contributed by atoms with Gasteiger partial charge < -0.3 is 21.3 Å². The maximum atomic E-state index is 7.99. The van der Waals surface area contributed by atoms with E-state index in [2.05, 4.69) is 0 Å². The van der Waals surface area contributed by atoms with Crippen LogP contribution in [0.3, 0.4) is 0 Å². The first-order chi connectivity index (χ1) is 6.83. The molecule has 0 rings (SSSR count). The number of aliphatic hydroxyl groups excluding tert-OH is 1. The van der Waals surface area contributed by atoms with Crippen LogP contribution in [0.1, 0.15) is 33.6 Å². The lowest BCUT2D eigenvalue weighted by atomic mass is 10.5. The highest BCUT2D eigenvalue weighted by atomic mass is 16.5. The van der Waals surface area contributed by atoms with Crippen molar-refractivity contribution in [2.45, 2.75) is 33.6 Å². The fourth-order valence-electron chi connectivity index (χ4n) is 0.421. The molecule has 0 spiro atoms. The van der Waals surface area contributed by atoms with E-state index in [1.54, 1.807) is 0 Å². The Kier molecular flexibility index (Phi) is 40.6. The second kappa shape index (κ2) is 29.3. The van der Waals surface area contributed by atoms with Gasteiger partial charge in [-0.1, -0.05) is 13.8 Å². The van der Waals surface area contributed by atoms with Gasteiger partial charge in [-0.05, 0) is 32.9 Å². The maximum Gasteiger partial charge on any atom is 0.0477 e. The van der Waals surface area contributed by atoms with Gasteiger partial charge in [-0.3, -0.25) is 0 Å². The van der Waals surface area contributed by atoms with Gasteiger partial charge in [0.05, 0.1) is 0 Å². The molecule has 0 aromatic heterocycles. The Hall–Kier alpha value is -0.160. The van der Waals surface area contributed by atoms with Crippen molar-refractivity contribution in [1.29, 1.82) is 0 Å². The summed E-state index contributed by atoms with van der Waals surface area (Å²) in [6.45, 7) is 9.15. The molecule has 0 amide bonds. The molecular formula is C10H28N2O2. The summed E-state index contributed by atoms with van der Waals surface area (Å²) >= 11 is 0. The predicted molar refractivity (Wildman–Crippen MR) is 62.3 cm³/mol. The van der Waals surface area contributed by atoms with Gasteiger partial charge in [0.2, 0.25) is 0 Å². The van der Waals surface area contributed by atoms with Crippen LogP contribution in [0.25, 0.3) is 0 Å². The van der Waals surface area contributed by atoms with E-state index in [0.717, 1.165) is 32.6 Å². The average molecular weight is 208 g/mol. The Labute approximate surface area is 88.6 Å². The van der Waals surface area contributed by atoms with Crippen molar-refractivity contribution in [2.75, 3.05) is 32.9 Å². The van der Waals surface area contributed by atoms with Gasteiger partial charge in [-0.15, -0.1) is 0 Å². The Morgan fingerprint density at radius 1 is 1.07 bits per heavy atom. The number of rotatable bonds is 6. The predicted octanol–water partition coefficient (Wildman–Crippen LogP) is 0.725. The second-order valence-corrected chi connectivity index (χ2v) is 2.20. The van der Waals surface area contributed by atoms with Gasteiger partial charge >= 0.3 is 0 Å². The van der Waals surface area contributed by atoms with E-state index in [0.29, 0.717) is 6.54 Å². The third-order valence-electron chi connectivity index (χ3n) is 1.06. The van der Waals surface area contributed by atoms with Crippen LogP contribution < -0.4 is 11.5 Å². The van der Waals surface area contributed by atoms with Crippen molar-refractivity contribution in [3.05, 3.63) is 0 Å². The quantitative estimate of drug-likeness (QED) is 0.562. The summed E-state index contributed by atoms with van der Waals surface area (Å²) in [6.07, 6.45) is 1.70. The van der Waals surface area contributed by atoms with Gasteiger partial charge in [-0.25, -0.2) is 0 Å². The molecule has 0 saturated carbocycles. The molecule has 0 aromatic rings. The minimum Gasteiger partial charge on any atom is -0.396 e. The smallest absolute Gasteiger partial charge is 0.0477 e. The van der Waals surface area contributed by atoms with Crippen LogP contribution in [0.2, 0.25) is 0 Å². The number of ether oxygens (including phenoxy) is 1. The minimum absolute atomic E-state index is 0.219. The lowest BCUT2D eigenvalue weighted by Gasteiger charge is -1.94. The molecule has 4 heteroatoms. The average Bonchev–Trinajstić information content (AvgIpc) is 2.24. The zero-order valence-corrected chi connectivity index (χ0v) is 9.96. The Morgan fingerprint density at radius 3 is 1.79 bits per heavy atom. The third-order valence-corrected chi connectivity index (χ3v) is 1.06. The summed E-state index contributed by atoms with van der Waals surface area (Å²) in [5.74, 6) is 0. The number of hydrogen-bond donors (Lipinski definition) is 3. The molecule has 0 unspecified atom stereocenters. The summed E-state index contributed by atoms with van der Waals surface area (Å²) in [5, 5.41) is 7.99. The van der Waals surface area contributed by atoms with E-state index in [1.165, 1.54) is 0 Å². The molecule has 0 atom stereocenters. The highest BCUT2D eigenvalue weighted by Crippen LogP contribution is 1.76. The van der Waals surface area contributed by atoms with Crippen molar-refractivity contribution < 1.29 is 9.84 Å². The Bertz CT molecular complexity index is 58.1. The molecule has 0 aliphatic carbocycles. The lowest BCUT2D eigenvalue weighted by Crippen LogP contribution is -2.03. The number of nitrogens with two attached hydrogens (primary N) is 2. The summed E-state index contributed by atoms with van der Waals surface area (Å²) in [4.78, 5) is 0. The normalized spacial score (nSPS) is 8.14. The minimum atomic E-state index is 0.219. The van der Waals surface area contributed by atoms with Gasteiger partial charge in [0, 0.05) is 19.8 Å². The summed E-state index contributed by atoms with van der Waals surface area (Å²) in [6, 6.07) is 0. The second-order valence-electron chi connectivity index (χ2n) is 2.20. The van der Waals surface area contributed by atoms with Crippen LogP contribution in [-0.2, 0) is 4.74 Å². The van der Waals surface area contributed by atoms with Crippen molar-refractivity contribution in [2.24, 2.45) is 11.5 Å². The van der Waals surface area contributed by atoms with Crippen LogP contribution in [0.4, 0.5) is 0 Å². The fraction of sp³-hybridized carbons (Fsp3) is 1.00. The zero-order valence-electron chi connectivity index (χ0n) is 9.96. The largest absolute Gasteiger partial charge is 0.396 e. The van der Waals surface area contributed by atoms with Gasteiger partial charge in [0.25, 0.3) is 0 Å². The zero-order chi connectivity index (χ0) is 11.7. The molecule has 0 fully saturated rings. The molecule has 90 valence electrons. The van der Waals surface area contributed by atoms with Gasteiger partial charge in [-0.2, -0.15) is 0 Å². The van der Waals surface area contributed by atoms with E-state index in [4.69, 9.17) is 21.3 Å². The summed E-state index contributed by atoms with van der Waals surface area (Å²) in [5.41, 5.74) is 10.2. The molecule has 4 nitrogen and oxygen atoms in total. The topological polar surface area (TPSA) is 81.5 Å². The molecule has 0 aliphatic rings. The van der Waals surface area contributed by atoms with Crippen LogP contribution >= 0.6 is 0 Å². The van der Waals surface area contributed by atoms with E-state index < -0.39 is 0 Å². The van der Waals surface area contributed by atoms with Crippen LogP contribution in [0.5, 0.6) is 0 Å². The van der Waals surface area contributed by atoms with Crippen molar-refractivity contribution in [1.82, 2.24) is 0 Å². The maximum absolute atomic E-state index is 7.99. The van der Waals surface area contributed by atoms with Crippen molar-refractivity contribution >= 4 is 0 Å². The molecular weight excluding hydrogens is 180 g/mol. The first kappa shape index (κ1) is 19.4. The standard InChI is InChI=1S/C5H13NO.C3H9NO.C2H6/c1-2-7-5-3-4-6;4-2-1-3-5;1-2/h2-6H2,1H3;5H,1-4H2;1-2H3. The molecule has 14 heavy (non-hydrogen) atoms. The van der Waals surface area contributed by atoms with Crippen LogP contribution in [0, 0.1) is 0 Å². The monoisotopic (exact) mass is 208 g/mol. The lowest BCUT2D eigenvalue weighted by molar-refractivity contribution is 0.146. The highest BCUT2D eigenvalue weighted by Gasteiger charge is 1.78. The molecule has 0 radical (unpaired) electrons. The number of aliphatic hydroxyl groups is 1. The van der Waals surface area contributed by atoms with Gasteiger partial charge in [0.1, 0.15) is 0 Å². The summed E-state index contributed by atoms with van der Waals surface area (Å²) < 4.78 is 4.99. The third kappa shape index (κ3) is 40.8. The molecule has 0 aromatic carbocycles. The molecule has 5 N–H and O–H groups in total. The van der Waals surface area contributed by atoms with Crippen molar-refractivity contribution in [3.8, 4) is 0 Å². The van der Waals surface area contributed by atoms with E-state index in [1.807, 2.05) is 20.8 Å². The molecule has 0 bridgehead atoms. The fourth-order valence-corrected chi connectivity index (χ4v) is 0.421. The van der Waals surface area contributed by atoms with Crippen LogP contribution in [0.15, 0.2) is 0 Å². The van der Waals surface area contributed by atoms with Crippen molar-refractivity contribution in [3.63, 3.8) is 0 Å². The Balaban J connectivity index is -0.000000152. The van der Waals surface area contributed by atoms with E-state index in [-0.39, 0.29) is 6.61 Å². The first-order valence-corrected chi connectivity index (χ1v) is 5.42.